The number of aliphatic carboxylic acids is 1. The third kappa shape index (κ3) is 8.60. The molecule has 7 nitrogen and oxygen atoms in total. The summed E-state index contributed by atoms with van der Waals surface area (Å²) in [6.07, 6.45) is -8.00. The molecule has 34 heavy (non-hydrogen) atoms. The van der Waals surface area contributed by atoms with Crippen LogP contribution in [-0.2, 0) is 17.4 Å². The number of nitriles is 1. The minimum Gasteiger partial charge on any atom is -0.475 e. The van der Waals surface area contributed by atoms with Crippen LogP contribution in [0.15, 0.2) is 30.3 Å². The first-order valence-electron chi connectivity index (χ1n) is 10.1. The molecule has 1 fully saturated rings. The van der Waals surface area contributed by atoms with E-state index in [9.17, 15) is 31.6 Å². The summed E-state index contributed by atoms with van der Waals surface area (Å²) in [5.74, 6) is -2.78. The molecular weight excluding hydrogens is 468 g/mol. The third-order valence-electron chi connectivity index (χ3n) is 4.72. The predicted molar refractivity (Wildman–Crippen MR) is 109 cm³/mol. The van der Waals surface area contributed by atoms with Crippen LogP contribution in [0.1, 0.15) is 23.5 Å². The van der Waals surface area contributed by atoms with Crippen molar-refractivity contribution in [2.75, 3.05) is 32.7 Å². The molecule has 1 saturated heterocycles. The van der Waals surface area contributed by atoms with E-state index in [1.165, 1.54) is 6.07 Å². The standard InChI is InChI=1S/C19H20F3N5.C2HF3O2/c20-19(21,22)15-4-1-3-14(11-15)17-12-16(25-18(13-23)26-17)5-2-8-27-9-6-24-7-10-27;3-2(4,5)1(6)7/h1,3-4,11-12,24H,2,5-10H2;(H,6,7). The number of hydrogen-bond donors (Lipinski definition) is 2. The maximum absolute atomic E-state index is 13.0. The molecule has 0 unspecified atom stereocenters. The van der Waals surface area contributed by atoms with Gasteiger partial charge in [-0.05, 0) is 37.6 Å². The van der Waals surface area contributed by atoms with Gasteiger partial charge in [0.1, 0.15) is 6.07 Å². The van der Waals surface area contributed by atoms with Crippen LogP contribution in [0, 0.1) is 11.3 Å². The van der Waals surface area contributed by atoms with Gasteiger partial charge in [-0.15, -0.1) is 0 Å². The van der Waals surface area contributed by atoms with Crippen molar-refractivity contribution < 1.29 is 36.2 Å². The summed E-state index contributed by atoms with van der Waals surface area (Å²) in [7, 11) is 0. The number of carboxylic acid groups (broad SMARTS) is 1. The smallest absolute Gasteiger partial charge is 0.475 e. The zero-order valence-corrected chi connectivity index (χ0v) is 17.7. The molecule has 0 bridgehead atoms. The van der Waals surface area contributed by atoms with Crippen molar-refractivity contribution in [3.05, 3.63) is 47.4 Å². The molecule has 0 radical (unpaired) electrons. The zero-order chi connectivity index (χ0) is 25.4. The summed E-state index contributed by atoms with van der Waals surface area (Å²) >= 11 is 0. The molecule has 0 spiro atoms. The number of rotatable bonds is 5. The fourth-order valence-corrected chi connectivity index (χ4v) is 3.10. The minimum absolute atomic E-state index is 0.0258. The van der Waals surface area contributed by atoms with Crippen LogP contribution in [0.4, 0.5) is 26.3 Å². The van der Waals surface area contributed by atoms with Gasteiger partial charge in [-0.3, -0.25) is 0 Å². The van der Waals surface area contributed by atoms with Crippen molar-refractivity contribution in [3.63, 3.8) is 0 Å². The van der Waals surface area contributed by atoms with Crippen molar-refractivity contribution in [1.82, 2.24) is 20.2 Å². The summed E-state index contributed by atoms with van der Waals surface area (Å²) in [6, 6.07) is 8.54. The molecule has 1 aromatic carbocycles. The van der Waals surface area contributed by atoms with E-state index < -0.39 is 23.9 Å². The SMILES string of the molecule is N#Cc1nc(CCCN2CCNCC2)cc(-c2cccc(C(F)(F)F)c2)n1.O=C(O)C(F)(F)F. The van der Waals surface area contributed by atoms with E-state index in [-0.39, 0.29) is 5.82 Å². The van der Waals surface area contributed by atoms with Crippen LogP contribution in [0.25, 0.3) is 11.3 Å². The molecule has 2 aromatic rings. The summed E-state index contributed by atoms with van der Waals surface area (Å²) in [5, 5.41) is 19.6. The summed E-state index contributed by atoms with van der Waals surface area (Å²) < 4.78 is 70.6. The van der Waals surface area contributed by atoms with Gasteiger partial charge in [0.15, 0.2) is 0 Å². The molecular formula is C21H21F6N5O2. The number of nitrogens with one attached hydrogen (secondary N) is 1. The molecule has 0 amide bonds. The lowest BCUT2D eigenvalue weighted by atomic mass is 10.1. The van der Waals surface area contributed by atoms with E-state index in [0.29, 0.717) is 23.4 Å². The first-order chi connectivity index (χ1) is 15.9. The van der Waals surface area contributed by atoms with E-state index in [1.807, 2.05) is 6.07 Å². The molecule has 184 valence electrons. The van der Waals surface area contributed by atoms with E-state index in [0.717, 1.165) is 51.3 Å². The Morgan fingerprint density at radius 1 is 1.12 bits per heavy atom. The fourth-order valence-electron chi connectivity index (χ4n) is 3.10. The number of carboxylic acids is 1. The molecule has 1 aliphatic heterocycles. The number of halogens is 6. The number of aryl methyl sites for hydroxylation is 1. The van der Waals surface area contributed by atoms with Crippen LogP contribution in [0.5, 0.6) is 0 Å². The summed E-state index contributed by atoms with van der Waals surface area (Å²) in [5.41, 5.74) is 0.596. The van der Waals surface area contributed by atoms with Gasteiger partial charge in [0.25, 0.3) is 0 Å². The highest BCUT2D eigenvalue weighted by Gasteiger charge is 2.38. The Morgan fingerprint density at radius 2 is 1.76 bits per heavy atom. The molecule has 0 atom stereocenters. The molecule has 2 heterocycles. The first-order valence-corrected chi connectivity index (χ1v) is 10.1. The molecule has 13 heteroatoms. The maximum atomic E-state index is 13.0. The van der Waals surface area contributed by atoms with Crippen LogP contribution >= 0.6 is 0 Å². The highest BCUT2D eigenvalue weighted by molar-refractivity contribution is 5.73. The Hall–Kier alpha value is -3.24. The number of benzene rings is 1. The van der Waals surface area contributed by atoms with Gasteiger partial charge >= 0.3 is 18.3 Å². The Balaban J connectivity index is 0.000000509. The van der Waals surface area contributed by atoms with Gasteiger partial charge in [0, 0.05) is 37.4 Å². The first kappa shape index (κ1) is 27.0. The lowest BCUT2D eigenvalue weighted by Crippen LogP contribution is -2.43. The van der Waals surface area contributed by atoms with Gasteiger partial charge in [-0.2, -0.15) is 31.6 Å². The zero-order valence-electron chi connectivity index (χ0n) is 17.7. The van der Waals surface area contributed by atoms with E-state index in [4.69, 9.17) is 9.90 Å². The molecule has 1 aromatic heterocycles. The largest absolute Gasteiger partial charge is 0.490 e. The second kappa shape index (κ2) is 11.8. The molecule has 3 rings (SSSR count). The fraction of sp³-hybridized carbons (Fsp3) is 0.429. The van der Waals surface area contributed by atoms with Crippen LogP contribution in [0.2, 0.25) is 0 Å². The van der Waals surface area contributed by atoms with E-state index in [1.54, 1.807) is 12.1 Å². The van der Waals surface area contributed by atoms with Gasteiger partial charge in [-0.1, -0.05) is 12.1 Å². The van der Waals surface area contributed by atoms with Crippen molar-refractivity contribution in [1.29, 1.82) is 5.26 Å². The molecule has 0 aliphatic carbocycles. The van der Waals surface area contributed by atoms with Crippen LogP contribution < -0.4 is 5.32 Å². The van der Waals surface area contributed by atoms with Crippen molar-refractivity contribution in [2.45, 2.75) is 25.2 Å². The van der Waals surface area contributed by atoms with Crippen molar-refractivity contribution in [3.8, 4) is 17.3 Å². The molecule has 0 saturated carbocycles. The molecule has 1 aliphatic rings. The number of hydrogen-bond acceptors (Lipinski definition) is 6. The maximum Gasteiger partial charge on any atom is 0.490 e. The number of nitrogens with zero attached hydrogens (tertiary/aromatic N) is 4. The van der Waals surface area contributed by atoms with Gasteiger partial charge < -0.3 is 15.3 Å². The second-order valence-electron chi connectivity index (χ2n) is 7.26. The highest BCUT2D eigenvalue weighted by Crippen LogP contribution is 2.31. The van der Waals surface area contributed by atoms with Crippen LogP contribution in [-0.4, -0.2) is 64.8 Å². The number of piperazine rings is 1. The summed E-state index contributed by atoms with van der Waals surface area (Å²) in [6.45, 7) is 4.88. The third-order valence-corrected chi connectivity index (χ3v) is 4.72. The normalized spacial score (nSPS) is 14.6. The highest BCUT2D eigenvalue weighted by atomic mass is 19.4. The lowest BCUT2D eigenvalue weighted by molar-refractivity contribution is -0.192. The van der Waals surface area contributed by atoms with Gasteiger partial charge in [0.05, 0.1) is 11.3 Å². The van der Waals surface area contributed by atoms with Crippen molar-refractivity contribution in [2.24, 2.45) is 0 Å². The Kier molecular flexibility index (Phi) is 9.34. The average Bonchev–Trinajstić information content (AvgIpc) is 2.79. The topological polar surface area (TPSA) is 102 Å². The molecule has 2 N–H and O–H groups in total. The van der Waals surface area contributed by atoms with Crippen LogP contribution in [0.3, 0.4) is 0 Å². The average molecular weight is 489 g/mol. The van der Waals surface area contributed by atoms with Gasteiger partial charge in [0.2, 0.25) is 5.82 Å². The number of aromatic nitrogens is 2. The number of carbonyl (C=O) groups is 1. The quantitative estimate of drug-likeness (QED) is 0.620. The van der Waals surface area contributed by atoms with Crippen molar-refractivity contribution >= 4 is 5.97 Å². The van der Waals surface area contributed by atoms with E-state index >= 15 is 0 Å². The minimum atomic E-state index is -5.08. The Bertz CT molecular complexity index is 1010. The second-order valence-corrected chi connectivity index (χ2v) is 7.26. The van der Waals surface area contributed by atoms with E-state index in [2.05, 4.69) is 20.2 Å². The Labute approximate surface area is 191 Å². The summed E-state index contributed by atoms with van der Waals surface area (Å²) in [4.78, 5) is 19.5. The predicted octanol–water partition coefficient (Wildman–Crippen LogP) is 3.51. The monoisotopic (exact) mass is 489 g/mol. The number of alkyl halides is 6. The lowest BCUT2D eigenvalue weighted by Gasteiger charge is -2.26. The Morgan fingerprint density at radius 3 is 2.32 bits per heavy atom. The van der Waals surface area contributed by atoms with Gasteiger partial charge in [-0.25, -0.2) is 14.8 Å².